The molecule has 1 aromatic heterocycles. The van der Waals surface area contributed by atoms with Gasteiger partial charge in [0.15, 0.2) is 0 Å². The van der Waals surface area contributed by atoms with Gasteiger partial charge in [0.05, 0.1) is 12.2 Å². The fourth-order valence-electron chi connectivity index (χ4n) is 3.40. The van der Waals surface area contributed by atoms with Crippen molar-refractivity contribution in [2.24, 2.45) is 0 Å². The Hall–Kier alpha value is -2.19. The van der Waals surface area contributed by atoms with Crippen LogP contribution in [-0.2, 0) is 6.54 Å². The fraction of sp³-hybridized carbons (Fsp3) is 0.409. The minimum Gasteiger partial charge on any atom is -0.396 e. The van der Waals surface area contributed by atoms with Crippen LogP contribution in [0.4, 0.5) is 0 Å². The smallest absolute Gasteiger partial charge is 0.0606 e. The number of hydrogen-bond donors (Lipinski definition) is 1. The van der Waals surface area contributed by atoms with Crippen molar-refractivity contribution in [2.75, 3.05) is 32.8 Å². The number of aromatic nitrogens is 1. The van der Waals surface area contributed by atoms with Crippen LogP contribution in [0.15, 0.2) is 48.5 Å². The topological polar surface area (TPSA) is 39.6 Å². The van der Waals surface area contributed by atoms with Gasteiger partial charge in [-0.2, -0.15) is 0 Å². The molecule has 26 heavy (non-hydrogen) atoms. The van der Waals surface area contributed by atoms with Gasteiger partial charge in [0.1, 0.15) is 0 Å². The number of aryl methyl sites for hydroxylation is 1. The number of piperazine rings is 1. The van der Waals surface area contributed by atoms with E-state index in [1.165, 1.54) is 0 Å². The van der Waals surface area contributed by atoms with E-state index in [2.05, 4.69) is 38.8 Å². The van der Waals surface area contributed by atoms with Crippen molar-refractivity contribution in [3.63, 3.8) is 0 Å². The van der Waals surface area contributed by atoms with Crippen molar-refractivity contribution in [1.29, 1.82) is 0 Å². The summed E-state index contributed by atoms with van der Waals surface area (Å²) in [5.74, 6) is 6.52. The number of nitrogens with zero attached hydrogens (tertiary/aromatic N) is 3. The van der Waals surface area contributed by atoms with Gasteiger partial charge in [-0.25, -0.2) is 0 Å². The Kier molecular flexibility index (Phi) is 6.79. The average molecular weight is 349 g/mol. The highest BCUT2D eigenvalue weighted by Gasteiger charge is 2.26. The van der Waals surface area contributed by atoms with Crippen molar-refractivity contribution in [2.45, 2.75) is 25.9 Å². The molecule has 0 amide bonds. The van der Waals surface area contributed by atoms with Crippen LogP contribution in [0.5, 0.6) is 0 Å². The third-order valence-electron chi connectivity index (χ3n) is 4.77. The number of pyridine rings is 1. The molecule has 0 spiro atoms. The summed E-state index contributed by atoms with van der Waals surface area (Å²) < 4.78 is 0. The van der Waals surface area contributed by atoms with Crippen LogP contribution in [0.25, 0.3) is 0 Å². The van der Waals surface area contributed by atoms with Gasteiger partial charge in [0, 0.05) is 50.1 Å². The molecular formula is C22H27N3O. The van der Waals surface area contributed by atoms with E-state index in [-0.39, 0.29) is 6.61 Å². The van der Waals surface area contributed by atoms with Crippen LogP contribution in [0.3, 0.4) is 0 Å². The first kappa shape index (κ1) is 18.6. The maximum absolute atomic E-state index is 9.47. The molecule has 0 saturated carbocycles. The maximum atomic E-state index is 9.47. The number of aliphatic hydroxyl groups is 1. The molecule has 1 aliphatic rings. The normalized spacial score (nSPS) is 18.3. The minimum absolute atomic E-state index is 0.214. The Labute approximate surface area is 156 Å². The third-order valence-corrected chi connectivity index (χ3v) is 4.77. The number of hydrogen-bond acceptors (Lipinski definition) is 4. The zero-order valence-corrected chi connectivity index (χ0v) is 15.4. The van der Waals surface area contributed by atoms with E-state index in [9.17, 15) is 5.11 Å². The molecule has 0 unspecified atom stereocenters. The van der Waals surface area contributed by atoms with Gasteiger partial charge in [-0.15, -0.1) is 0 Å². The summed E-state index contributed by atoms with van der Waals surface area (Å²) in [6, 6.07) is 16.6. The molecule has 1 aromatic carbocycles. The molecule has 1 N–H and O–H groups in total. The van der Waals surface area contributed by atoms with Crippen LogP contribution >= 0.6 is 0 Å². The van der Waals surface area contributed by atoms with Crippen LogP contribution in [0.1, 0.15) is 23.4 Å². The molecule has 2 heterocycles. The monoisotopic (exact) mass is 349 g/mol. The molecule has 1 atom stereocenters. The summed E-state index contributed by atoms with van der Waals surface area (Å²) in [7, 11) is 0. The molecular weight excluding hydrogens is 322 g/mol. The average Bonchev–Trinajstić information content (AvgIpc) is 2.65. The summed E-state index contributed by atoms with van der Waals surface area (Å²) in [6.07, 6.45) is 0.786. The Morgan fingerprint density at radius 1 is 1.12 bits per heavy atom. The van der Waals surface area contributed by atoms with E-state index >= 15 is 0 Å². The second-order valence-electron chi connectivity index (χ2n) is 6.81. The minimum atomic E-state index is 0.214. The van der Waals surface area contributed by atoms with Gasteiger partial charge in [-0.3, -0.25) is 14.8 Å². The Morgan fingerprint density at radius 2 is 1.96 bits per heavy atom. The first-order chi connectivity index (χ1) is 12.7. The molecule has 4 nitrogen and oxygen atoms in total. The van der Waals surface area contributed by atoms with Gasteiger partial charge in [0.25, 0.3) is 0 Å². The number of benzene rings is 1. The van der Waals surface area contributed by atoms with E-state index in [1.54, 1.807) is 0 Å². The van der Waals surface area contributed by atoms with Gasteiger partial charge in [-0.05, 0) is 37.6 Å². The standard InChI is InChI=1S/C22H27N3O/c1-19-7-5-11-21(23-19)17-25-15-14-24(18-22(25)12-16-26)13-6-10-20-8-3-2-4-9-20/h2-5,7-9,11,22,26H,12-18H2,1H3/t22-/m0/s1. The molecule has 0 aliphatic carbocycles. The lowest BCUT2D eigenvalue weighted by molar-refractivity contribution is 0.0596. The lowest BCUT2D eigenvalue weighted by Gasteiger charge is -2.40. The van der Waals surface area contributed by atoms with E-state index < -0.39 is 0 Å². The van der Waals surface area contributed by atoms with E-state index in [0.717, 1.165) is 56.1 Å². The first-order valence-electron chi connectivity index (χ1n) is 9.28. The zero-order chi connectivity index (χ0) is 18.2. The first-order valence-corrected chi connectivity index (χ1v) is 9.28. The van der Waals surface area contributed by atoms with Gasteiger partial charge in [-0.1, -0.05) is 36.1 Å². The molecule has 2 aromatic rings. The Balaban J connectivity index is 1.58. The van der Waals surface area contributed by atoms with Crippen molar-refractivity contribution in [1.82, 2.24) is 14.8 Å². The quantitative estimate of drug-likeness (QED) is 0.841. The van der Waals surface area contributed by atoms with Crippen molar-refractivity contribution >= 4 is 0 Å². The number of rotatable bonds is 5. The van der Waals surface area contributed by atoms with Crippen LogP contribution in [0, 0.1) is 18.8 Å². The largest absolute Gasteiger partial charge is 0.396 e. The third kappa shape index (κ3) is 5.40. The molecule has 1 aliphatic heterocycles. The Morgan fingerprint density at radius 3 is 2.73 bits per heavy atom. The molecule has 1 fully saturated rings. The van der Waals surface area contributed by atoms with Gasteiger partial charge in [0.2, 0.25) is 0 Å². The predicted molar refractivity (Wildman–Crippen MR) is 105 cm³/mol. The van der Waals surface area contributed by atoms with Crippen molar-refractivity contribution in [3.05, 3.63) is 65.5 Å². The Bertz CT molecular complexity index is 751. The van der Waals surface area contributed by atoms with Gasteiger partial charge >= 0.3 is 0 Å². The lowest BCUT2D eigenvalue weighted by atomic mass is 10.1. The van der Waals surface area contributed by atoms with Crippen LogP contribution in [0.2, 0.25) is 0 Å². The molecule has 4 heteroatoms. The summed E-state index contributed by atoms with van der Waals surface area (Å²) in [5.41, 5.74) is 3.21. The SMILES string of the molecule is Cc1cccc(CN2CCN(CC#Cc3ccccc3)C[C@@H]2CCO)n1. The van der Waals surface area contributed by atoms with E-state index in [0.29, 0.717) is 6.04 Å². The summed E-state index contributed by atoms with van der Waals surface area (Å²) >= 11 is 0. The van der Waals surface area contributed by atoms with Gasteiger partial charge < -0.3 is 5.11 Å². The predicted octanol–water partition coefficient (Wildman–Crippen LogP) is 2.31. The van der Waals surface area contributed by atoms with Crippen molar-refractivity contribution in [3.8, 4) is 11.8 Å². The lowest BCUT2D eigenvalue weighted by Crippen LogP contribution is -2.53. The highest BCUT2D eigenvalue weighted by Crippen LogP contribution is 2.16. The molecule has 136 valence electrons. The summed E-state index contributed by atoms with van der Waals surface area (Å²) in [4.78, 5) is 9.45. The fourth-order valence-corrected chi connectivity index (χ4v) is 3.40. The molecule has 1 saturated heterocycles. The van der Waals surface area contributed by atoms with E-state index in [4.69, 9.17) is 0 Å². The highest BCUT2D eigenvalue weighted by molar-refractivity contribution is 5.33. The van der Waals surface area contributed by atoms with E-state index in [1.807, 2.05) is 43.3 Å². The molecule has 0 bridgehead atoms. The second-order valence-corrected chi connectivity index (χ2v) is 6.81. The van der Waals surface area contributed by atoms with Crippen molar-refractivity contribution < 1.29 is 5.11 Å². The maximum Gasteiger partial charge on any atom is 0.0606 e. The summed E-state index contributed by atoms with van der Waals surface area (Å²) in [5, 5.41) is 9.47. The summed E-state index contributed by atoms with van der Waals surface area (Å²) in [6.45, 7) is 6.77. The zero-order valence-electron chi connectivity index (χ0n) is 15.4. The number of aliphatic hydroxyl groups excluding tert-OH is 1. The van der Waals surface area contributed by atoms with Crippen LogP contribution in [-0.4, -0.2) is 58.7 Å². The second kappa shape index (κ2) is 9.49. The molecule has 3 rings (SSSR count). The molecule has 0 radical (unpaired) electrons. The highest BCUT2D eigenvalue weighted by atomic mass is 16.3. The van der Waals surface area contributed by atoms with Crippen LogP contribution < -0.4 is 0 Å².